The number of likely N-dealkylation sites (tertiary alicyclic amines) is 1. The van der Waals surface area contributed by atoms with Gasteiger partial charge in [-0.05, 0) is 123 Å². The Morgan fingerprint density at radius 2 is 1.40 bits per heavy atom. The number of rotatable bonds is 18. The molecule has 2 unspecified atom stereocenters. The monoisotopic (exact) mass is 1170 g/mol. The van der Waals surface area contributed by atoms with Gasteiger partial charge in [0.25, 0.3) is 5.91 Å². The van der Waals surface area contributed by atoms with Crippen LogP contribution in [0.1, 0.15) is 169 Å². The molecule has 3 heterocycles. The van der Waals surface area contributed by atoms with Crippen LogP contribution in [0.15, 0.2) is 128 Å². The zero-order chi connectivity index (χ0) is 63.8. The lowest BCUT2D eigenvalue weighted by atomic mass is 9.91. The van der Waals surface area contributed by atoms with E-state index in [2.05, 4.69) is 96.2 Å². The largest absolute Gasteiger partial charge is 0.391 e. The Morgan fingerprint density at radius 1 is 0.800 bits per heavy atom. The third-order valence-electron chi connectivity index (χ3n) is 13.7. The van der Waals surface area contributed by atoms with Crippen LogP contribution in [0.2, 0.25) is 0 Å². The minimum absolute atomic E-state index is 0.0502. The number of β-amino-alcohol motifs (C(OH)–C–C–N with tert-alkyl or cyclic N) is 1. The molecule has 13 nitrogen and oxygen atoms in total. The number of aliphatic hydroxyl groups excluding tert-OH is 1. The molecule has 1 aliphatic carbocycles. The van der Waals surface area contributed by atoms with Gasteiger partial charge in [0.05, 0.1) is 41.2 Å². The van der Waals surface area contributed by atoms with Crippen LogP contribution in [0, 0.1) is 11.2 Å². The van der Waals surface area contributed by atoms with Crippen LogP contribution in [-0.4, -0.2) is 124 Å². The van der Waals surface area contributed by atoms with Gasteiger partial charge in [0, 0.05) is 88.3 Å². The number of allylic oxidation sites excluding steroid dienone is 7. The predicted octanol–water partition coefficient (Wildman–Crippen LogP) is 14.4. The number of aromatic nitrogens is 2. The normalized spacial score (nSPS) is 15.9. The summed E-state index contributed by atoms with van der Waals surface area (Å²) < 4.78 is 32.4. The van der Waals surface area contributed by atoms with E-state index in [9.17, 15) is 33.1 Å². The maximum Gasteiger partial charge on any atom is 0.254 e. The van der Waals surface area contributed by atoms with Crippen molar-refractivity contribution in [1.29, 1.82) is 0 Å². The molecule has 0 spiro atoms. The molecule has 2 saturated heterocycles. The average molecular weight is 1170 g/mol. The Bertz CT molecular complexity index is 2860. The van der Waals surface area contributed by atoms with E-state index < -0.39 is 12.3 Å². The molecule has 0 radical (unpaired) electrons. The first kappa shape index (κ1) is 74.0. The van der Waals surface area contributed by atoms with Gasteiger partial charge in [-0.25, -0.2) is 18.7 Å². The Hall–Kier alpha value is -7.10. The number of carbonyl (C=O) groups excluding carboxylic acids is 4. The first-order chi connectivity index (χ1) is 40.5. The molecule has 3 aromatic carbocycles. The lowest BCUT2D eigenvalue weighted by Gasteiger charge is -2.34. The van der Waals surface area contributed by atoms with Crippen molar-refractivity contribution in [3.8, 4) is 11.3 Å². The highest BCUT2D eigenvalue weighted by Crippen LogP contribution is 2.33. The number of amides is 4. The van der Waals surface area contributed by atoms with Gasteiger partial charge in [-0.3, -0.25) is 19.2 Å². The number of halogens is 2. The molecule has 3 N–H and O–H groups in total. The molecule has 0 saturated carbocycles. The van der Waals surface area contributed by atoms with Gasteiger partial charge >= 0.3 is 0 Å². The van der Waals surface area contributed by atoms with E-state index in [1.807, 2.05) is 60.3 Å². The SMILES string of the molecule is C=C(CC)COCC(=O)NCCC.C=C(NCc1ccc(C(C)=C(C)C)cc1)C1C[C@@H](O)CN1C(=O)CC(C)(C)C.C=CC.CC.CC.CCCC(=O)N1CCN(C(=O)c2ccc3nc(-c4ccc(F)cc4)c(C4=CCC(F)C=C4)nc3c2)CC1. The van der Waals surface area contributed by atoms with Crippen LogP contribution in [0.4, 0.5) is 8.78 Å². The molecule has 3 atom stereocenters. The highest BCUT2D eigenvalue weighted by Gasteiger charge is 2.37. The lowest BCUT2D eigenvalue weighted by Crippen LogP contribution is -2.50. The number of hydrogen-bond donors (Lipinski definition) is 3. The van der Waals surface area contributed by atoms with Crippen molar-refractivity contribution in [2.24, 2.45) is 5.41 Å². The maximum atomic E-state index is 13.7. The van der Waals surface area contributed by atoms with E-state index in [1.54, 1.807) is 58.4 Å². The van der Waals surface area contributed by atoms with E-state index in [0.717, 1.165) is 48.2 Å². The topological polar surface area (TPSA) is 157 Å². The van der Waals surface area contributed by atoms with Crippen LogP contribution >= 0.6 is 0 Å². The fourth-order valence-electron chi connectivity index (χ4n) is 8.86. The van der Waals surface area contributed by atoms with Crippen molar-refractivity contribution in [2.45, 2.75) is 167 Å². The van der Waals surface area contributed by atoms with Crippen LogP contribution in [-0.2, 0) is 25.7 Å². The molecular weight excluding hydrogens is 1070 g/mol. The van der Waals surface area contributed by atoms with Crippen LogP contribution in [0.25, 0.3) is 33.4 Å². The number of ether oxygens (including phenoxy) is 1. The molecule has 4 amide bonds. The first-order valence-corrected chi connectivity index (χ1v) is 30.4. The minimum Gasteiger partial charge on any atom is -0.391 e. The van der Waals surface area contributed by atoms with Gasteiger partial charge in [0.1, 0.15) is 18.6 Å². The van der Waals surface area contributed by atoms with Gasteiger partial charge in [-0.15, -0.1) is 6.58 Å². The molecule has 466 valence electrons. The van der Waals surface area contributed by atoms with E-state index in [-0.39, 0.29) is 53.9 Å². The summed E-state index contributed by atoms with van der Waals surface area (Å²) in [5, 5.41) is 16.2. The number of benzene rings is 3. The van der Waals surface area contributed by atoms with Crippen molar-refractivity contribution >= 4 is 45.8 Å². The fourth-order valence-corrected chi connectivity index (χ4v) is 8.86. The van der Waals surface area contributed by atoms with Crippen LogP contribution < -0.4 is 10.6 Å². The van der Waals surface area contributed by atoms with E-state index in [4.69, 9.17) is 14.7 Å². The van der Waals surface area contributed by atoms with E-state index in [0.29, 0.717) is 98.7 Å². The van der Waals surface area contributed by atoms with Gasteiger partial charge < -0.3 is 35.2 Å². The molecule has 2 aliphatic heterocycles. The van der Waals surface area contributed by atoms with Gasteiger partial charge in [0.15, 0.2) is 0 Å². The third kappa shape index (κ3) is 25.2. The second kappa shape index (κ2) is 38.8. The number of hydrogen-bond acceptors (Lipinski definition) is 9. The van der Waals surface area contributed by atoms with Crippen molar-refractivity contribution in [2.75, 3.05) is 52.5 Å². The number of fused-ring (bicyclic) bond motifs is 1. The summed E-state index contributed by atoms with van der Waals surface area (Å²) in [6.45, 7) is 44.1. The zero-order valence-electron chi connectivity index (χ0n) is 53.8. The highest BCUT2D eigenvalue weighted by atomic mass is 19.1. The number of alkyl halides is 1. The van der Waals surface area contributed by atoms with Gasteiger partial charge in [-0.2, -0.15) is 0 Å². The number of piperazine rings is 1. The molecule has 7 rings (SSSR count). The van der Waals surface area contributed by atoms with E-state index in [1.165, 1.54) is 34.9 Å². The number of nitrogens with one attached hydrogen (secondary N) is 2. The zero-order valence-corrected chi connectivity index (χ0v) is 53.8. The summed E-state index contributed by atoms with van der Waals surface area (Å²) in [5.41, 5.74) is 10.9. The van der Waals surface area contributed by atoms with Crippen molar-refractivity contribution in [3.63, 3.8) is 0 Å². The molecule has 3 aliphatic rings. The summed E-state index contributed by atoms with van der Waals surface area (Å²) in [6.07, 6.45) is 9.60. The Kier molecular flexibility index (Phi) is 33.7. The summed E-state index contributed by atoms with van der Waals surface area (Å²) in [7, 11) is 0. The Balaban J connectivity index is 0.000000452. The minimum atomic E-state index is -1.05. The van der Waals surface area contributed by atoms with E-state index >= 15 is 0 Å². The second-order valence-corrected chi connectivity index (χ2v) is 22.1. The first-order valence-electron chi connectivity index (χ1n) is 30.4. The summed E-state index contributed by atoms with van der Waals surface area (Å²) in [5.74, 6) is -0.308. The van der Waals surface area contributed by atoms with Crippen molar-refractivity contribution < 1.29 is 37.8 Å². The average Bonchev–Trinajstić information content (AvgIpc) is 2.13. The highest BCUT2D eigenvalue weighted by molar-refractivity contribution is 5.98. The molecule has 1 aromatic heterocycles. The summed E-state index contributed by atoms with van der Waals surface area (Å²) in [6, 6.07) is 19.6. The molecule has 15 heteroatoms. The predicted molar refractivity (Wildman–Crippen MR) is 348 cm³/mol. The molecule has 85 heavy (non-hydrogen) atoms. The van der Waals surface area contributed by atoms with Crippen molar-refractivity contribution in [1.82, 2.24) is 35.3 Å². The van der Waals surface area contributed by atoms with Gasteiger partial charge in [0.2, 0.25) is 17.7 Å². The molecule has 0 bridgehead atoms. The lowest BCUT2D eigenvalue weighted by molar-refractivity contribution is -0.134. The second-order valence-electron chi connectivity index (χ2n) is 22.1. The number of aliphatic hydroxyl groups is 1. The van der Waals surface area contributed by atoms with Gasteiger partial charge in [-0.1, -0.05) is 136 Å². The standard InChI is InChI=1S/C29H28F2N4O2.C24H36N2O2.C10H19NO2.C3H6.2C2H6/c1-2-3-26(36)34-14-16-35(17-15-34)29(37)21-8-13-24-25(18-21)33-28(20-6-11-23(31)12-7-20)27(32-24)19-4-9-22(30)10-5-19;1-16(2)17(3)20-10-8-19(9-11-20)14-25-18(4)22-12-21(27)15-26(22)23(28)13-24(5,6)7;1-4-6-11-10(12)8-13-7-9(3)5-2;1-3-2;2*1-2/h4-11,13,18,23H,2-3,12,14-17H2,1H3;8-11,21-22,25,27H,4,12-15H2,1-3,5-7H3;3-8H2,1-2H3,(H,11,12);3H,1H2,2H3;2*1-2H3/t;21-,22?;;;;/m.1..../s1. The van der Waals surface area contributed by atoms with Crippen molar-refractivity contribution in [3.05, 3.63) is 156 Å². The molecule has 2 fully saturated rings. The Morgan fingerprint density at radius 3 is 1.95 bits per heavy atom. The van der Waals surface area contributed by atoms with Crippen LogP contribution in [0.5, 0.6) is 0 Å². The number of carbonyl (C=O) groups is 4. The smallest absolute Gasteiger partial charge is 0.254 e. The maximum absolute atomic E-state index is 13.7. The third-order valence-corrected chi connectivity index (χ3v) is 13.7. The fraction of sp³-hybridized carbons (Fsp3) is 0.486. The molecular formula is C70H101F2N7O6. The van der Waals surface area contributed by atoms with Crippen LogP contribution in [0.3, 0.4) is 0 Å². The summed E-state index contributed by atoms with van der Waals surface area (Å²) in [4.78, 5) is 64.1. The Labute approximate surface area is 508 Å². The summed E-state index contributed by atoms with van der Waals surface area (Å²) >= 11 is 0. The molecule has 4 aromatic rings. The number of nitrogens with zero attached hydrogens (tertiary/aromatic N) is 5. The quantitative estimate of drug-likeness (QED) is 0.0825.